The van der Waals surface area contributed by atoms with Crippen molar-refractivity contribution in [2.45, 2.75) is 19.4 Å². The lowest BCUT2D eigenvalue weighted by atomic mass is 10.3. The van der Waals surface area contributed by atoms with Gasteiger partial charge in [-0.15, -0.1) is 0 Å². The van der Waals surface area contributed by atoms with Crippen molar-refractivity contribution in [1.82, 2.24) is 5.32 Å². The molecular formula is C13H17BrClNO3. The summed E-state index contributed by atoms with van der Waals surface area (Å²) in [4.78, 5) is 11.8. The second-order valence-electron chi connectivity index (χ2n) is 3.97. The molecule has 1 N–H and O–H groups in total. The van der Waals surface area contributed by atoms with E-state index in [-0.39, 0.29) is 5.91 Å². The molecule has 0 aromatic heterocycles. The van der Waals surface area contributed by atoms with Gasteiger partial charge in [0.25, 0.3) is 5.91 Å². The molecule has 0 radical (unpaired) electrons. The van der Waals surface area contributed by atoms with Gasteiger partial charge in [0, 0.05) is 25.3 Å². The average molecular weight is 351 g/mol. The van der Waals surface area contributed by atoms with Crippen molar-refractivity contribution in [3.05, 3.63) is 27.7 Å². The van der Waals surface area contributed by atoms with Crippen LogP contribution < -0.4 is 10.1 Å². The van der Waals surface area contributed by atoms with Crippen LogP contribution in [0.4, 0.5) is 0 Å². The molecule has 106 valence electrons. The Labute approximate surface area is 126 Å². The van der Waals surface area contributed by atoms with Gasteiger partial charge in [0.05, 0.1) is 4.47 Å². The summed E-state index contributed by atoms with van der Waals surface area (Å²) in [7, 11) is 1.63. The zero-order valence-electron chi connectivity index (χ0n) is 10.9. The number of methoxy groups -OCH3 is 1. The fourth-order valence-electron chi connectivity index (χ4n) is 1.39. The summed E-state index contributed by atoms with van der Waals surface area (Å²) >= 11 is 9.18. The quantitative estimate of drug-likeness (QED) is 0.769. The highest BCUT2D eigenvalue weighted by molar-refractivity contribution is 9.10. The first-order chi connectivity index (χ1) is 9.04. The lowest BCUT2D eigenvalue weighted by Gasteiger charge is -2.15. The van der Waals surface area contributed by atoms with E-state index in [0.29, 0.717) is 23.9 Å². The average Bonchev–Trinajstić information content (AvgIpc) is 2.37. The maximum absolute atomic E-state index is 11.8. The van der Waals surface area contributed by atoms with Gasteiger partial charge in [0.2, 0.25) is 0 Å². The van der Waals surface area contributed by atoms with Crippen LogP contribution >= 0.6 is 27.5 Å². The predicted molar refractivity (Wildman–Crippen MR) is 78.7 cm³/mol. The number of hydrogen-bond donors (Lipinski definition) is 1. The van der Waals surface area contributed by atoms with Gasteiger partial charge < -0.3 is 14.8 Å². The van der Waals surface area contributed by atoms with Gasteiger partial charge in [0.1, 0.15) is 5.75 Å². The summed E-state index contributed by atoms with van der Waals surface area (Å²) < 4.78 is 11.2. The van der Waals surface area contributed by atoms with E-state index in [4.69, 9.17) is 21.1 Å². The Balaban J connectivity index is 2.45. The van der Waals surface area contributed by atoms with Gasteiger partial charge in [-0.3, -0.25) is 4.79 Å². The molecule has 0 heterocycles. The molecular weight excluding hydrogens is 334 g/mol. The van der Waals surface area contributed by atoms with Crippen LogP contribution in [0.3, 0.4) is 0 Å². The molecule has 0 aliphatic carbocycles. The Bertz CT molecular complexity index is 428. The lowest BCUT2D eigenvalue weighted by molar-refractivity contribution is -0.127. The second-order valence-corrected chi connectivity index (χ2v) is 5.26. The van der Waals surface area contributed by atoms with Gasteiger partial charge in [-0.05, 0) is 47.5 Å². The van der Waals surface area contributed by atoms with Crippen molar-refractivity contribution in [1.29, 1.82) is 0 Å². The third-order valence-corrected chi connectivity index (χ3v) is 3.25. The third kappa shape index (κ3) is 5.80. The monoisotopic (exact) mass is 349 g/mol. The fourth-order valence-corrected chi connectivity index (χ4v) is 2.16. The summed E-state index contributed by atoms with van der Waals surface area (Å²) in [6, 6.07) is 5.16. The molecule has 0 fully saturated rings. The maximum atomic E-state index is 11.8. The summed E-state index contributed by atoms with van der Waals surface area (Å²) in [5, 5.41) is 3.39. The van der Waals surface area contributed by atoms with Crippen LogP contribution in [0.5, 0.6) is 5.75 Å². The van der Waals surface area contributed by atoms with E-state index >= 15 is 0 Å². The smallest absolute Gasteiger partial charge is 0.260 e. The third-order valence-electron chi connectivity index (χ3n) is 2.39. The fraction of sp³-hybridized carbons (Fsp3) is 0.462. The number of rotatable bonds is 7. The first kappa shape index (κ1) is 16.3. The number of hydrogen-bond acceptors (Lipinski definition) is 3. The topological polar surface area (TPSA) is 47.6 Å². The van der Waals surface area contributed by atoms with Crippen molar-refractivity contribution in [2.75, 3.05) is 20.3 Å². The lowest BCUT2D eigenvalue weighted by Crippen LogP contribution is -2.37. The number of ether oxygens (including phenoxy) is 2. The highest BCUT2D eigenvalue weighted by Crippen LogP contribution is 2.28. The van der Waals surface area contributed by atoms with Crippen LogP contribution in [0.15, 0.2) is 22.7 Å². The molecule has 1 aromatic carbocycles. The van der Waals surface area contributed by atoms with E-state index in [9.17, 15) is 4.79 Å². The van der Waals surface area contributed by atoms with Gasteiger partial charge in [-0.1, -0.05) is 11.6 Å². The number of carbonyl (C=O) groups excluding carboxylic acids is 1. The molecule has 1 aromatic rings. The largest absolute Gasteiger partial charge is 0.480 e. The van der Waals surface area contributed by atoms with E-state index < -0.39 is 6.10 Å². The maximum Gasteiger partial charge on any atom is 0.260 e. The number of halogens is 2. The normalized spacial score (nSPS) is 12.0. The summed E-state index contributed by atoms with van der Waals surface area (Å²) in [6.07, 6.45) is 0.208. The highest BCUT2D eigenvalue weighted by atomic mass is 79.9. The molecule has 0 spiro atoms. The van der Waals surface area contributed by atoms with E-state index in [1.165, 1.54) is 0 Å². The Kier molecular flexibility index (Phi) is 7.20. The number of nitrogens with one attached hydrogen (secondary N) is 1. The van der Waals surface area contributed by atoms with Crippen LogP contribution in [0.25, 0.3) is 0 Å². The van der Waals surface area contributed by atoms with Crippen molar-refractivity contribution in [2.24, 2.45) is 0 Å². The van der Waals surface area contributed by atoms with Crippen molar-refractivity contribution >= 4 is 33.4 Å². The zero-order valence-corrected chi connectivity index (χ0v) is 13.3. The van der Waals surface area contributed by atoms with Crippen molar-refractivity contribution in [3.63, 3.8) is 0 Å². The second kappa shape index (κ2) is 8.40. The number of benzene rings is 1. The molecule has 0 saturated heterocycles. The van der Waals surface area contributed by atoms with Crippen molar-refractivity contribution in [3.8, 4) is 5.75 Å². The molecule has 1 atom stereocenters. The van der Waals surface area contributed by atoms with Gasteiger partial charge in [0.15, 0.2) is 6.10 Å². The Morgan fingerprint density at radius 3 is 2.89 bits per heavy atom. The number of amides is 1. The SMILES string of the molecule is COCCCNC(=O)C(C)Oc1ccc(Cl)cc1Br. The highest BCUT2D eigenvalue weighted by Gasteiger charge is 2.15. The van der Waals surface area contributed by atoms with E-state index in [2.05, 4.69) is 21.2 Å². The number of carbonyl (C=O) groups is 1. The van der Waals surface area contributed by atoms with Gasteiger partial charge in [-0.25, -0.2) is 0 Å². The molecule has 1 rings (SSSR count). The molecule has 0 aliphatic heterocycles. The molecule has 0 bridgehead atoms. The zero-order chi connectivity index (χ0) is 14.3. The molecule has 19 heavy (non-hydrogen) atoms. The molecule has 0 saturated carbocycles. The standard InChI is InChI=1S/C13H17BrClNO3/c1-9(13(17)16-6-3-7-18-2)19-12-5-4-10(15)8-11(12)14/h4-5,8-9H,3,6-7H2,1-2H3,(H,16,17). The Morgan fingerprint density at radius 1 is 1.53 bits per heavy atom. The van der Waals surface area contributed by atoms with E-state index in [0.717, 1.165) is 10.9 Å². The van der Waals surface area contributed by atoms with Crippen molar-refractivity contribution < 1.29 is 14.3 Å². The predicted octanol–water partition coefficient (Wildman–Crippen LogP) is 3.02. The van der Waals surface area contributed by atoms with E-state index in [1.807, 2.05) is 0 Å². The van der Waals surface area contributed by atoms with Crippen LogP contribution in [-0.2, 0) is 9.53 Å². The summed E-state index contributed by atoms with van der Waals surface area (Å²) in [5.41, 5.74) is 0. The summed E-state index contributed by atoms with van der Waals surface area (Å²) in [6.45, 7) is 2.90. The molecule has 0 aliphatic rings. The first-order valence-electron chi connectivity index (χ1n) is 5.93. The molecule has 6 heteroatoms. The Hall–Kier alpha value is -0.780. The Morgan fingerprint density at radius 2 is 2.26 bits per heavy atom. The molecule has 1 unspecified atom stereocenters. The van der Waals surface area contributed by atoms with Crippen LogP contribution in [0, 0.1) is 0 Å². The minimum atomic E-state index is -0.569. The van der Waals surface area contributed by atoms with Crippen LogP contribution in [-0.4, -0.2) is 32.3 Å². The van der Waals surface area contributed by atoms with Crippen LogP contribution in [0.2, 0.25) is 5.02 Å². The van der Waals surface area contributed by atoms with Crippen LogP contribution in [0.1, 0.15) is 13.3 Å². The minimum absolute atomic E-state index is 0.155. The molecule has 1 amide bonds. The minimum Gasteiger partial charge on any atom is -0.480 e. The summed E-state index contributed by atoms with van der Waals surface area (Å²) in [5.74, 6) is 0.432. The van der Waals surface area contributed by atoms with Gasteiger partial charge in [-0.2, -0.15) is 0 Å². The van der Waals surface area contributed by atoms with E-state index in [1.54, 1.807) is 32.2 Å². The van der Waals surface area contributed by atoms with Gasteiger partial charge >= 0.3 is 0 Å². The first-order valence-corrected chi connectivity index (χ1v) is 7.10. The molecule has 4 nitrogen and oxygen atoms in total.